The number of nitrogens with two attached hydrogens (primary N) is 1. The number of benzene rings is 1. The first-order valence-corrected chi connectivity index (χ1v) is 8.38. The largest absolute Gasteiger partial charge is 0.393 e. The molecule has 0 spiro atoms. The van der Waals surface area contributed by atoms with E-state index in [9.17, 15) is 18.5 Å². The SMILES string of the molecule is CCN(C1CCCC1)S(=O)(=O)c1cccc(N)c1[N+](=O)[O-]. The molecule has 1 fully saturated rings. The number of nitro groups is 1. The molecule has 0 atom stereocenters. The molecule has 0 radical (unpaired) electrons. The van der Waals surface area contributed by atoms with E-state index < -0.39 is 20.6 Å². The van der Waals surface area contributed by atoms with Crippen LogP contribution in [0, 0.1) is 10.1 Å². The summed E-state index contributed by atoms with van der Waals surface area (Å²) >= 11 is 0. The summed E-state index contributed by atoms with van der Waals surface area (Å²) in [7, 11) is -3.92. The molecule has 0 bridgehead atoms. The fraction of sp³-hybridized carbons (Fsp3) is 0.538. The molecule has 7 nitrogen and oxygen atoms in total. The van der Waals surface area contributed by atoms with Crippen LogP contribution in [0.2, 0.25) is 0 Å². The predicted molar refractivity (Wildman–Crippen MR) is 79.3 cm³/mol. The van der Waals surface area contributed by atoms with Gasteiger partial charge in [0, 0.05) is 12.6 Å². The van der Waals surface area contributed by atoms with Gasteiger partial charge >= 0.3 is 5.69 Å². The van der Waals surface area contributed by atoms with E-state index in [2.05, 4.69) is 0 Å². The normalized spacial score (nSPS) is 16.5. The Bertz CT molecular complexity index is 639. The Hall–Kier alpha value is -1.67. The lowest BCUT2D eigenvalue weighted by Crippen LogP contribution is -2.38. The standard InChI is InChI=1S/C13H19N3O4S/c1-2-15(10-6-3-4-7-10)21(19,20)12-9-5-8-11(14)13(12)16(17)18/h5,8-10H,2-4,6-7,14H2,1H3. The van der Waals surface area contributed by atoms with Gasteiger partial charge in [-0.05, 0) is 25.0 Å². The molecule has 1 aliphatic rings. The van der Waals surface area contributed by atoms with Crippen LogP contribution in [-0.4, -0.2) is 30.2 Å². The topological polar surface area (TPSA) is 107 Å². The summed E-state index contributed by atoms with van der Waals surface area (Å²) < 4.78 is 27.0. The minimum atomic E-state index is -3.92. The van der Waals surface area contributed by atoms with Crippen LogP contribution in [-0.2, 0) is 10.0 Å². The molecule has 0 aliphatic heterocycles. The summed E-state index contributed by atoms with van der Waals surface area (Å²) in [5.41, 5.74) is 4.92. The fourth-order valence-corrected chi connectivity index (χ4v) is 4.77. The smallest absolute Gasteiger partial charge is 0.312 e. The van der Waals surface area contributed by atoms with Crippen LogP contribution in [0.1, 0.15) is 32.6 Å². The number of nitrogen functional groups attached to an aromatic ring is 1. The van der Waals surface area contributed by atoms with Crippen LogP contribution in [0.15, 0.2) is 23.1 Å². The van der Waals surface area contributed by atoms with Gasteiger partial charge in [-0.15, -0.1) is 0 Å². The molecule has 0 aromatic heterocycles. The molecule has 2 N–H and O–H groups in total. The third-order valence-electron chi connectivity index (χ3n) is 3.84. The molecule has 8 heteroatoms. The average Bonchev–Trinajstić information content (AvgIpc) is 2.92. The van der Waals surface area contributed by atoms with E-state index in [1.165, 1.54) is 22.5 Å². The van der Waals surface area contributed by atoms with Crippen molar-refractivity contribution in [3.8, 4) is 0 Å². The molecule has 0 amide bonds. The summed E-state index contributed by atoms with van der Waals surface area (Å²) in [6, 6.07) is 3.93. The highest BCUT2D eigenvalue weighted by Crippen LogP contribution is 2.35. The Morgan fingerprint density at radius 1 is 1.38 bits per heavy atom. The van der Waals surface area contributed by atoms with Crippen molar-refractivity contribution in [3.63, 3.8) is 0 Å². The minimum Gasteiger partial charge on any atom is -0.393 e. The van der Waals surface area contributed by atoms with Gasteiger partial charge in [0.2, 0.25) is 10.0 Å². The third kappa shape index (κ3) is 2.86. The molecule has 1 aliphatic carbocycles. The quantitative estimate of drug-likeness (QED) is 0.509. The molecule has 1 saturated carbocycles. The van der Waals surface area contributed by atoms with Crippen LogP contribution < -0.4 is 5.73 Å². The Kier molecular flexibility index (Phi) is 4.48. The number of rotatable bonds is 5. The van der Waals surface area contributed by atoms with Crippen molar-refractivity contribution in [3.05, 3.63) is 28.3 Å². The van der Waals surface area contributed by atoms with Gasteiger partial charge in [0.15, 0.2) is 4.90 Å². The molecule has 2 rings (SSSR count). The van der Waals surface area contributed by atoms with Crippen molar-refractivity contribution >= 4 is 21.4 Å². The van der Waals surface area contributed by atoms with Crippen LogP contribution in [0.4, 0.5) is 11.4 Å². The highest BCUT2D eigenvalue weighted by Gasteiger charge is 2.37. The zero-order valence-electron chi connectivity index (χ0n) is 11.9. The van der Waals surface area contributed by atoms with Crippen molar-refractivity contribution < 1.29 is 13.3 Å². The second kappa shape index (κ2) is 5.98. The zero-order valence-corrected chi connectivity index (χ0v) is 12.7. The molecule has 0 unspecified atom stereocenters. The summed E-state index contributed by atoms with van der Waals surface area (Å²) in [6.45, 7) is 2.03. The van der Waals surface area contributed by atoms with E-state index in [1.807, 2.05) is 0 Å². The first-order valence-electron chi connectivity index (χ1n) is 6.94. The molecule has 0 saturated heterocycles. The van der Waals surface area contributed by atoms with Crippen LogP contribution in [0.25, 0.3) is 0 Å². The number of para-hydroxylation sites is 1. The number of sulfonamides is 1. The highest BCUT2D eigenvalue weighted by atomic mass is 32.2. The van der Waals surface area contributed by atoms with E-state index in [4.69, 9.17) is 5.73 Å². The average molecular weight is 313 g/mol. The Balaban J connectivity index is 2.53. The second-order valence-corrected chi connectivity index (χ2v) is 6.96. The lowest BCUT2D eigenvalue weighted by Gasteiger charge is -2.26. The highest BCUT2D eigenvalue weighted by molar-refractivity contribution is 7.89. The Morgan fingerprint density at radius 2 is 2.00 bits per heavy atom. The van der Waals surface area contributed by atoms with Gasteiger partial charge in [0.05, 0.1) is 4.92 Å². The first-order chi connectivity index (χ1) is 9.89. The lowest BCUT2D eigenvalue weighted by atomic mass is 10.2. The fourth-order valence-electron chi connectivity index (χ4n) is 2.89. The molecule has 116 valence electrons. The van der Waals surface area contributed by atoms with E-state index >= 15 is 0 Å². The van der Waals surface area contributed by atoms with Gasteiger partial charge in [-0.2, -0.15) is 4.31 Å². The van der Waals surface area contributed by atoms with Gasteiger partial charge in [0.1, 0.15) is 5.69 Å². The number of hydrogen-bond donors (Lipinski definition) is 1. The molecule has 0 heterocycles. The summed E-state index contributed by atoms with van der Waals surface area (Å²) in [4.78, 5) is 10.1. The second-order valence-electron chi connectivity index (χ2n) is 5.10. The van der Waals surface area contributed by atoms with Gasteiger partial charge in [-0.3, -0.25) is 10.1 Å². The van der Waals surface area contributed by atoms with Crippen LogP contribution >= 0.6 is 0 Å². The van der Waals surface area contributed by atoms with Crippen molar-refractivity contribution in [1.29, 1.82) is 0 Å². The molecule has 1 aromatic rings. The van der Waals surface area contributed by atoms with Gasteiger partial charge < -0.3 is 5.73 Å². The summed E-state index contributed by atoms with van der Waals surface area (Å²) in [6.07, 6.45) is 3.55. The van der Waals surface area contributed by atoms with Crippen molar-refractivity contribution in [1.82, 2.24) is 4.31 Å². The van der Waals surface area contributed by atoms with Crippen LogP contribution in [0.5, 0.6) is 0 Å². The molecule has 21 heavy (non-hydrogen) atoms. The molecular weight excluding hydrogens is 294 g/mol. The van der Waals surface area contributed by atoms with E-state index in [1.54, 1.807) is 6.92 Å². The van der Waals surface area contributed by atoms with E-state index in [0.29, 0.717) is 6.54 Å². The zero-order chi connectivity index (χ0) is 15.6. The number of nitrogens with zero attached hydrogens (tertiary/aromatic N) is 2. The number of nitro benzene ring substituents is 1. The Labute approximate surface area is 123 Å². The summed E-state index contributed by atoms with van der Waals surface area (Å²) in [5.74, 6) is 0. The minimum absolute atomic E-state index is 0.0824. The predicted octanol–water partition coefficient (Wildman–Crippen LogP) is 2.13. The Morgan fingerprint density at radius 3 is 2.52 bits per heavy atom. The van der Waals surface area contributed by atoms with Crippen molar-refractivity contribution in [2.45, 2.75) is 43.5 Å². The van der Waals surface area contributed by atoms with Crippen LogP contribution in [0.3, 0.4) is 0 Å². The summed E-state index contributed by atoms with van der Waals surface area (Å²) in [5, 5.41) is 11.2. The van der Waals surface area contributed by atoms with E-state index in [-0.39, 0.29) is 16.6 Å². The lowest BCUT2D eigenvalue weighted by molar-refractivity contribution is -0.386. The number of anilines is 1. The van der Waals surface area contributed by atoms with Crippen molar-refractivity contribution in [2.75, 3.05) is 12.3 Å². The monoisotopic (exact) mass is 313 g/mol. The van der Waals surface area contributed by atoms with Crippen molar-refractivity contribution in [2.24, 2.45) is 0 Å². The first kappa shape index (κ1) is 15.7. The maximum absolute atomic E-state index is 12.8. The maximum atomic E-state index is 12.8. The molecular formula is C13H19N3O4S. The molecule has 1 aromatic carbocycles. The van der Waals surface area contributed by atoms with Gasteiger partial charge in [0.25, 0.3) is 0 Å². The van der Waals surface area contributed by atoms with E-state index in [0.717, 1.165) is 25.7 Å². The maximum Gasteiger partial charge on any atom is 0.312 e. The van der Waals surface area contributed by atoms with Gasteiger partial charge in [-0.25, -0.2) is 8.42 Å². The van der Waals surface area contributed by atoms with Gasteiger partial charge in [-0.1, -0.05) is 25.8 Å². The number of hydrogen-bond acceptors (Lipinski definition) is 5. The third-order valence-corrected chi connectivity index (χ3v) is 5.90.